The molecular formula is C5H7NO2S. The van der Waals surface area contributed by atoms with E-state index in [2.05, 4.69) is 0 Å². The maximum absolute atomic E-state index is 10.7. The highest BCUT2D eigenvalue weighted by atomic mass is 32.2. The predicted molar refractivity (Wildman–Crippen MR) is 33.7 cm³/mol. The molecule has 2 heterocycles. The summed E-state index contributed by atoms with van der Waals surface area (Å²) in [6.45, 7) is 0.536. The molecule has 2 atom stereocenters. The van der Waals surface area contributed by atoms with Gasteiger partial charge in [-0.3, -0.25) is 4.79 Å². The second-order valence-corrected chi connectivity index (χ2v) is 3.66. The number of hydrogen-bond acceptors (Lipinski definition) is 3. The number of aliphatic hydroxyl groups is 1. The number of rotatable bonds is 0. The Labute approximate surface area is 57.0 Å². The molecule has 0 aromatic carbocycles. The Kier molecular flexibility index (Phi) is 1.01. The number of hydrogen-bond donors (Lipinski definition) is 1. The van der Waals surface area contributed by atoms with Gasteiger partial charge in [0.1, 0.15) is 5.44 Å². The van der Waals surface area contributed by atoms with Gasteiger partial charge in [-0.2, -0.15) is 0 Å². The summed E-state index contributed by atoms with van der Waals surface area (Å²) in [7, 11) is 0. The van der Waals surface area contributed by atoms with Crippen LogP contribution in [0.4, 0.5) is 0 Å². The van der Waals surface area contributed by atoms with Gasteiger partial charge in [-0.25, -0.2) is 0 Å². The number of fused-ring (bicyclic) bond motifs is 1. The van der Waals surface area contributed by atoms with Gasteiger partial charge < -0.3 is 10.0 Å². The molecule has 0 aromatic rings. The minimum Gasteiger partial charge on any atom is -0.381 e. The Morgan fingerprint density at radius 3 is 3.00 bits per heavy atom. The zero-order valence-electron chi connectivity index (χ0n) is 4.78. The fourth-order valence-corrected chi connectivity index (χ4v) is 2.36. The second-order valence-electron chi connectivity index (χ2n) is 2.30. The van der Waals surface area contributed by atoms with Crippen molar-refractivity contribution < 1.29 is 9.90 Å². The van der Waals surface area contributed by atoms with E-state index in [0.717, 1.165) is 0 Å². The van der Waals surface area contributed by atoms with Gasteiger partial charge in [0.2, 0.25) is 5.91 Å². The number of carbonyl (C=O) groups excluding carboxylic acids is 1. The van der Waals surface area contributed by atoms with Crippen molar-refractivity contribution in [2.24, 2.45) is 0 Å². The van der Waals surface area contributed by atoms with Gasteiger partial charge in [0.25, 0.3) is 0 Å². The van der Waals surface area contributed by atoms with Gasteiger partial charge in [-0.05, 0) is 0 Å². The van der Waals surface area contributed by atoms with Crippen molar-refractivity contribution in [3.63, 3.8) is 0 Å². The van der Waals surface area contributed by atoms with E-state index in [1.54, 1.807) is 4.90 Å². The first-order valence-corrected chi connectivity index (χ1v) is 3.84. The number of amides is 1. The van der Waals surface area contributed by atoms with E-state index in [9.17, 15) is 4.79 Å². The van der Waals surface area contributed by atoms with E-state index in [1.807, 2.05) is 0 Å². The van der Waals surface area contributed by atoms with Gasteiger partial charge in [0.15, 0.2) is 0 Å². The van der Waals surface area contributed by atoms with Gasteiger partial charge in [-0.1, -0.05) is 0 Å². The zero-order valence-corrected chi connectivity index (χ0v) is 5.60. The van der Waals surface area contributed by atoms with Crippen LogP contribution < -0.4 is 0 Å². The number of carbonyl (C=O) groups is 1. The summed E-state index contributed by atoms with van der Waals surface area (Å²) >= 11 is 1.48. The maximum atomic E-state index is 10.7. The van der Waals surface area contributed by atoms with Crippen LogP contribution in [-0.2, 0) is 4.79 Å². The van der Waals surface area contributed by atoms with Crippen LogP contribution in [0.3, 0.4) is 0 Å². The summed E-state index contributed by atoms with van der Waals surface area (Å²) < 4.78 is 0. The van der Waals surface area contributed by atoms with Crippen LogP contribution in [0.25, 0.3) is 0 Å². The van der Waals surface area contributed by atoms with Gasteiger partial charge >= 0.3 is 0 Å². The minimum absolute atomic E-state index is 0.184. The summed E-state index contributed by atoms with van der Waals surface area (Å²) in [5.41, 5.74) is -0.332. The van der Waals surface area contributed by atoms with Crippen molar-refractivity contribution in [2.45, 2.75) is 17.2 Å². The van der Waals surface area contributed by atoms with Crippen molar-refractivity contribution >= 4 is 17.7 Å². The molecule has 1 unspecified atom stereocenters. The highest BCUT2D eigenvalue weighted by Crippen LogP contribution is 2.38. The van der Waals surface area contributed by atoms with Gasteiger partial charge in [-0.15, -0.1) is 11.8 Å². The fraction of sp³-hybridized carbons (Fsp3) is 0.800. The van der Waals surface area contributed by atoms with E-state index in [0.29, 0.717) is 18.3 Å². The molecule has 0 aliphatic carbocycles. The smallest absolute Gasteiger partial charge is 0.226 e. The Morgan fingerprint density at radius 1 is 1.78 bits per heavy atom. The van der Waals surface area contributed by atoms with E-state index < -0.39 is 0 Å². The normalized spacial score (nSPS) is 40.6. The molecule has 3 nitrogen and oxygen atoms in total. The van der Waals surface area contributed by atoms with Crippen molar-refractivity contribution in [3.05, 3.63) is 0 Å². The molecule has 0 aromatic heterocycles. The van der Waals surface area contributed by atoms with E-state index in [4.69, 9.17) is 5.11 Å². The quantitative estimate of drug-likeness (QED) is 0.472. The third-order valence-corrected chi connectivity index (χ3v) is 2.88. The first-order valence-electron chi connectivity index (χ1n) is 2.90. The van der Waals surface area contributed by atoms with Crippen LogP contribution in [0.15, 0.2) is 0 Å². The van der Waals surface area contributed by atoms with E-state index in [1.165, 1.54) is 11.8 Å². The Bertz CT molecular complexity index is 161. The summed E-state index contributed by atoms with van der Waals surface area (Å²) in [6.07, 6.45) is 0.627. The largest absolute Gasteiger partial charge is 0.381 e. The Balaban J connectivity index is 2.08. The summed E-state index contributed by atoms with van der Waals surface area (Å²) in [5.74, 6) is 0.184. The molecule has 0 radical (unpaired) electrons. The first-order chi connectivity index (χ1) is 4.27. The molecule has 0 bridgehead atoms. The third kappa shape index (κ3) is 0.664. The molecule has 2 rings (SSSR count). The number of aliphatic hydroxyl groups excluding tert-OH is 1. The predicted octanol–water partition coefficient (Wildman–Crippen LogP) is -0.390. The van der Waals surface area contributed by atoms with Crippen molar-refractivity contribution in [1.82, 2.24) is 4.90 Å². The van der Waals surface area contributed by atoms with Crippen molar-refractivity contribution in [2.75, 3.05) is 6.54 Å². The van der Waals surface area contributed by atoms with Crippen molar-refractivity contribution in [3.8, 4) is 0 Å². The summed E-state index contributed by atoms with van der Waals surface area (Å²) in [4.78, 5) is 12.4. The number of thioether (sulfide) groups is 1. The number of nitrogens with zero attached hydrogens (tertiary/aromatic N) is 1. The topological polar surface area (TPSA) is 40.5 Å². The van der Waals surface area contributed by atoms with Crippen LogP contribution in [0.2, 0.25) is 0 Å². The van der Waals surface area contributed by atoms with Crippen LogP contribution in [0.5, 0.6) is 0 Å². The van der Waals surface area contributed by atoms with Crippen LogP contribution >= 0.6 is 11.8 Å². The number of β-lactam (4-membered cyclic amide) rings is 1. The lowest BCUT2D eigenvalue weighted by Crippen LogP contribution is -2.47. The highest BCUT2D eigenvalue weighted by molar-refractivity contribution is 8.00. The molecule has 0 saturated carbocycles. The molecule has 2 fully saturated rings. The third-order valence-electron chi connectivity index (χ3n) is 1.68. The SMILES string of the molecule is O=C1C[C@H]2SC(O)CN12. The minimum atomic E-state index is -0.332. The molecule has 2 aliphatic heterocycles. The monoisotopic (exact) mass is 145 g/mol. The molecule has 2 aliphatic rings. The average molecular weight is 145 g/mol. The standard InChI is InChI=1S/C5H7NO2S/c7-3-1-4-6(3)2-5(8)9-4/h4-5,8H,1-2H2/t4-,5?/m1/s1. The van der Waals surface area contributed by atoms with E-state index >= 15 is 0 Å². The lowest BCUT2D eigenvalue weighted by atomic mass is 10.2. The first kappa shape index (κ1) is 5.56. The summed E-state index contributed by atoms with van der Waals surface area (Å²) in [5, 5.41) is 9.30. The summed E-state index contributed by atoms with van der Waals surface area (Å²) in [6, 6.07) is 0. The Hall–Kier alpha value is -0.220. The molecule has 4 heteroatoms. The van der Waals surface area contributed by atoms with Crippen molar-refractivity contribution in [1.29, 1.82) is 0 Å². The lowest BCUT2D eigenvalue weighted by Gasteiger charge is -2.32. The van der Waals surface area contributed by atoms with Crippen LogP contribution in [0, 0.1) is 0 Å². The second kappa shape index (κ2) is 1.64. The van der Waals surface area contributed by atoms with Crippen LogP contribution in [0.1, 0.15) is 6.42 Å². The average Bonchev–Trinajstić information content (AvgIpc) is 2.08. The highest BCUT2D eigenvalue weighted by Gasteiger charge is 2.43. The van der Waals surface area contributed by atoms with Gasteiger partial charge in [0.05, 0.1) is 18.3 Å². The molecule has 1 N–H and O–H groups in total. The zero-order chi connectivity index (χ0) is 6.43. The molecular weight excluding hydrogens is 138 g/mol. The van der Waals surface area contributed by atoms with E-state index in [-0.39, 0.29) is 11.3 Å². The molecule has 0 spiro atoms. The van der Waals surface area contributed by atoms with Crippen LogP contribution in [-0.4, -0.2) is 33.3 Å². The lowest BCUT2D eigenvalue weighted by molar-refractivity contribution is -0.141. The molecule has 1 amide bonds. The van der Waals surface area contributed by atoms with Gasteiger partial charge in [0, 0.05) is 0 Å². The fourth-order valence-electron chi connectivity index (χ4n) is 1.16. The maximum Gasteiger partial charge on any atom is 0.226 e. The molecule has 2 saturated heterocycles. The molecule has 50 valence electrons. The Morgan fingerprint density at radius 2 is 2.56 bits per heavy atom. The molecule has 9 heavy (non-hydrogen) atoms.